The highest BCUT2D eigenvalue weighted by molar-refractivity contribution is 7.98. The lowest BCUT2D eigenvalue weighted by Crippen LogP contribution is -2.02. The molecule has 0 N–H and O–H groups in total. The summed E-state index contributed by atoms with van der Waals surface area (Å²) in [6, 6.07) is 9.86. The first kappa shape index (κ1) is 17.5. The molecule has 0 fully saturated rings. The molecule has 0 amide bonds. The van der Waals surface area contributed by atoms with Crippen molar-refractivity contribution in [3.05, 3.63) is 41.8 Å². The highest BCUT2D eigenvalue weighted by atomic mass is 32.2. The smallest absolute Gasteiger partial charge is 0.191 e. The van der Waals surface area contributed by atoms with Crippen molar-refractivity contribution in [3.8, 4) is 17.1 Å². The minimum atomic E-state index is 0.713. The summed E-state index contributed by atoms with van der Waals surface area (Å²) in [4.78, 5) is 0. The van der Waals surface area contributed by atoms with Gasteiger partial charge in [0.25, 0.3) is 0 Å². The van der Waals surface area contributed by atoms with Gasteiger partial charge in [-0.05, 0) is 37.6 Å². The topological polar surface area (TPSA) is 66.0 Å². The van der Waals surface area contributed by atoms with E-state index in [1.54, 1.807) is 18.9 Å². The Kier molecular flexibility index (Phi) is 5.75. The van der Waals surface area contributed by atoms with E-state index in [0.717, 1.165) is 53.1 Å². The van der Waals surface area contributed by atoms with E-state index in [4.69, 9.17) is 9.26 Å². The van der Waals surface area contributed by atoms with E-state index < -0.39 is 0 Å². The maximum Gasteiger partial charge on any atom is 0.191 e. The first-order valence-electron chi connectivity index (χ1n) is 8.34. The molecule has 0 saturated carbocycles. The van der Waals surface area contributed by atoms with Crippen molar-refractivity contribution >= 4 is 11.8 Å². The van der Waals surface area contributed by atoms with Gasteiger partial charge in [0, 0.05) is 23.9 Å². The second kappa shape index (κ2) is 8.20. The number of ether oxygens (including phenoxy) is 1. The lowest BCUT2D eigenvalue weighted by atomic mass is 10.2. The molecule has 25 heavy (non-hydrogen) atoms. The predicted octanol–water partition coefficient (Wildman–Crippen LogP) is 4.34. The number of methoxy groups -OCH3 is 1. The summed E-state index contributed by atoms with van der Waals surface area (Å²) in [7, 11) is 1.67. The van der Waals surface area contributed by atoms with Crippen molar-refractivity contribution < 1.29 is 9.26 Å². The Hall–Kier alpha value is -2.28. The number of aryl methyl sites for hydroxylation is 1. The molecule has 0 atom stereocenters. The van der Waals surface area contributed by atoms with Gasteiger partial charge in [0.15, 0.2) is 11.0 Å². The van der Waals surface area contributed by atoms with Gasteiger partial charge in [0.2, 0.25) is 0 Å². The zero-order valence-electron chi connectivity index (χ0n) is 14.7. The zero-order chi connectivity index (χ0) is 17.6. The molecule has 6 nitrogen and oxygen atoms in total. The highest BCUT2D eigenvalue weighted by Crippen LogP contribution is 2.27. The molecular formula is C18H22N4O2S. The molecule has 3 rings (SSSR count). The lowest BCUT2D eigenvalue weighted by molar-refractivity contribution is 0.393. The molecule has 2 heterocycles. The van der Waals surface area contributed by atoms with Gasteiger partial charge >= 0.3 is 0 Å². The fourth-order valence-electron chi connectivity index (χ4n) is 2.49. The van der Waals surface area contributed by atoms with Gasteiger partial charge in [-0.25, -0.2) is 0 Å². The molecule has 2 aromatic heterocycles. The minimum absolute atomic E-state index is 0.713. The quantitative estimate of drug-likeness (QED) is 0.558. The summed E-state index contributed by atoms with van der Waals surface area (Å²) in [6.45, 7) is 4.97. The average molecular weight is 358 g/mol. The van der Waals surface area contributed by atoms with E-state index >= 15 is 0 Å². The van der Waals surface area contributed by atoms with E-state index in [2.05, 4.69) is 26.8 Å². The summed E-state index contributed by atoms with van der Waals surface area (Å²) in [5, 5.41) is 13.8. The van der Waals surface area contributed by atoms with Crippen molar-refractivity contribution in [2.45, 2.75) is 44.1 Å². The van der Waals surface area contributed by atoms with Crippen molar-refractivity contribution in [2.75, 3.05) is 7.11 Å². The Bertz CT molecular complexity index is 811. The van der Waals surface area contributed by atoms with Crippen molar-refractivity contribution in [1.29, 1.82) is 0 Å². The molecule has 7 heteroatoms. The number of unbranched alkanes of at least 4 members (excludes halogenated alkanes) is 1. The first-order valence-corrected chi connectivity index (χ1v) is 9.32. The molecule has 132 valence electrons. The first-order chi connectivity index (χ1) is 12.2. The standard InChI is InChI=1S/C18H22N4O2S/c1-4-5-10-22-17(14-6-8-16(23-3)9-7-14)19-20-18(22)25-12-15-11-13(2)24-21-15/h6-9,11H,4-5,10,12H2,1-3H3. The van der Waals surface area contributed by atoms with E-state index in [9.17, 15) is 0 Å². The van der Waals surface area contributed by atoms with Gasteiger partial charge in [-0.15, -0.1) is 10.2 Å². The van der Waals surface area contributed by atoms with Crippen LogP contribution in [0.4, 0.5) is 0 Å². The Morgan fingerprint density at radius 1 is 1.20 bits per heavy atom. The van der Waals surface area contributed by atoms with Gasteiger partial charge in [-0.1, -0.05) is 30.3 Å². The summed E-state index contributed by atoms with van der Waals surface area (Å²) in [6.07, 6.45) is 2.20. The second-order valence-corrected chi connectivity index (χ2v) is 6.70. The van der Waals surface area contributed by atoms with Crippen LogP contribution in [0.15, 0.2) is 40.0 Å². The molecule has 0 aliphatic rings. The van der Waals surface area contributed by atoms with E-state index in [1.807, 2.05) is 37.3 Å². The lowest BCUT2D eigenvalue weighted by Gasteiger charge is -2.09. The predicted molar refractivity (Wildman–Crippen MR) is 97.7 cm³/mol. The Morgan fingerprint density at radius 3 is 2.64 bits per heavy atom. The van der Waals surface area contributed by atoms with Crippen LogP contribution in [0.2, 0.25) is 0 Å². The van der Waals surface area contributed by atoms with E-state index in [-0.39, 0.29) is 0 Å². The molecule has 0 saturated heterocycles. The molecule has 0 bridgehead atoms. The molecule has 1 aromatic carbocycles. The largest absolute Gasteiger partial charge is 0.497 e. The fraction of sp³-hybridized carbons (Fsp3) is 0.389. The van der Waals surface area contributed by atoms with Crippen LogP contribution in [0.5, 0.6) is 5.75 Å². The minimum Gasteiger partial charge on any atom is -0.497 e. The third-order valence-electron chi connectivity index (χ3n) is 3.83. The van der Waals surface area contributed by atoms with Crippen LogP contribution < -0.4 is 4.74 Å². The number of hydrogen-bond acceptors (Lipinski definition) is 6. The molecule has 3 aromatic rings. The van der Waals surface area contributed by atoms with E-state index in [1.165, 1.54) is 0 Å². The molecule has 0 spiro atoms. The maximum absolute atomic E-state index is 5.23. The second-order valence-electron chi connectivity index (χ2n) is 5.76. The Balaban J connectivity index is 1.83. The number of benzene rings is 1. The molecule has 0 unspecified atom stereocenters. The number of thioether (sulfide) groups is 1. The summed E-state index contributed by atoms with van der Waals surface area (Å²) >= 11 is 1.63. The zero-order valence-corrected chi connectivity index (χ0v) is 15.5. The SMILES string of the molecule is CCCCn1c(SCc2cc(C)on2)nnc1-c1ccc(OC)cc1. The van der Waals surface area contributed by atoms with Gasteiger partial charge in [0.1, 0.15) is 11.5 Å². The van der Waals surface area contributed by atoms with Gasteiger partial charge in [-0.3, -0.25) is 0 Å². The highest BCUT2D eigenvalue weighted by Gasteiger charge is 2.15. The number of aromatic nitrogens is 4. The van der Waals surface area contributed by atoms with Gasteiger partial charge in [0.05, 0.1) is 12.8 Å². The van der Waals surface area contributed by atoms with Crippen LogP contribution in [0, 0.1) is 6.92 Å². The molecule has 0 aliphatic heterocycles. The third-order valence-corrected chi connectivity index (χ3v) is 4.83. The number of rotatable bonds is 8. The van der Waals surface area contributed by atoms with Crippen LogP contribution in [-0.4, -0.2) is 27.0 Å². The molecule has 0 radical (unpaired) electrons. The van der Waals surface area contributed by atoms with Crippen LogP contribution >= 0.6 is 11.8 Å². The molecular weight excluding hydrogens is 336 g/mol. The van der Waals surface area contributed by atoms with Crippen LogP contribution in [0.3, 0.4) is 0 Å². The normalized spacial score (nSPS) is 11.0. The fourth-order valence-corrected chi connectivity index (χ4v) is 3.34. The number of hydrogen-bond donors (Lipinski definition) is 0. The summed E-state index contributed by atoms with van der Waals surface area (Å²) in [5.74, 6) is 3.25. The van der Waals surface area contributed by atoms with E-state index in [0.29, 0.717) is 5.75 Å². The van der Waals surface area contributed by atoms with Crippen molar-refractivity contribution in [2.24, 2.45) is 0 Å². The average Bonchev–Trinajstić information content (AvgIpc) is 3.24. The van der Waals surface area contributed by atoms with Crippen molar-refractivity contribution in [1.82, 2.24) is 19.9 Å². The van der Waals surface area contributed by atoms with Crippen LogP contribution in [0.25, 0.3) is 11.4 Å². The number of nitrogens with zero attached hydrogens (tertiary/aromatic N) is 4. The third kappa shape index (κ3) is 4.22. The monoisotopic (exact) mass is 358 g/mol. The summed E-state index contributed by atoms with van der Waals surface area (Å²) < 4.78 is 12.5. The Labute approximate surface area is 151 Å². The Morgan fingerprint density at radius 2 is 2.00 bits per heavy atom. The van der Waals surface area contributed by atoms with Gasteiger partial charge in [-0.2, -0.15) is 0 Å². The summed E-state index contributed by atoms with van der Waals surface area (Å²) in [5.41, 5.74) is 1.95. The van der Waals surface area contributed by atoms with Gasteiger partial charge < -0.3 is 13.8 Å². The maximum atomic E-state index is 5.23. The van der Waals surface area contributed by atoms with Crippen molar-refractivity contribution in [3.63, 3.8) is 0 Å². The van der Waals surface area contributed by atoms with Crippen LogP contribution in [-0.2, 0) is 12.3 Å². The van der Waals surface area contributed by atoms with Crippen LogP contribution in [0.1, 0.15) is 31.2 Å². The molecule has 0 aliphatic carbocycles.